The summed E-state index contributed by atoms with van der Waals surface area (Å²) in [5.74, 6) is -0.0638. The number of carbonyl (C=O) groups is 2. The Morgan fingerprint density at radius 1 is 1.02 bits per heavy atom. The predicted molar refractivity (Wildman–Crippen MR) is 143 cm³/mol. The molecule has 4 rings (SSSR count). The maximum atomic E-state index is 13.9. The molecule has 0 bridgehead atoms. The van der Waals surface area contributed by atoms with Crippen molar-refractivity contribution in [1.82, 2.24) is 14.7 Å². The van der Waals surface area contributed by atoms with Gasteiger partial charge in [-0.2, -0.15) is 26.3 Å². The van der Waals surface area contributed by atoms with Crippen LogP contribution in [0.2, 0.25) is 0 Å². The van der Waals surface area contributed by atoms with Gasteiger partial charge >= 0.3 is 18.4 Å². The molecule has 1 N–H and O–H groups in total. The summed E-state index contributed by atoms with van der Waals surface area (Å²) in [7, 11) is 1.34. The molecule has 2 aromatic carbocycles. The van der Waals surface area contributed by atoms with Crippen LogP contribution < -0.4 is 0 Å². The minimum atomic E-state index is -5.00. The number of fused-ring (bicyclic) bond motifs is 1. The Labute approximate surface area is 240 Å². The number of piperazine rings is 1. The Hall–Kier alpha value is -3.28. The van der Waals surface area contributed by atoms with Gasteiger partial charge in [-0.1, -0.05) is 37.6 Å². The second-order valence-electron chi connectivity index (χ2n) is 11.3. The van der Waals surface area contributed by atoms with Crippen LogP contribution in [0, 0.1) is 12.3 Å². The normalized spacial score (nSPS) is 22.9. The first-order valence-corrected chi connectivity index (χ1v) is 13.9. The van der Waals surface area contributed by atoms with Crippen molar-refractivity contribution in [2.24, 2.45) is 5.41 Å². The second kappa shape index (κ2) is 11.8. The average Bonchev–Trinajstić information content (AvgIpc) is 3.18. The summed E-state index contributed by atoms with van der Waals surface area (Å²) < 4.78 is 80.5. The summed E-state index contributed by atoms with van der Waals surface area (Å²) >= 11 is 0. The van der Waals surface area contributed by atoms with E-state index in [4.69, 9.17) is 0 Å². The van der Waals surface area contributed by atoms with E-state index in [2.05, 4.69) is 0 Å². The number of urea groups is 1. The number of amides is 3. The smallest absolute Gasteiger partial charge is 0.396 e. The van der Waals surface area contributed by atoms with E-state index in [0.717, 1.165) is 22.4 Å². The first-order valence-electron chi connectivity index (χ1n) is 13.9. The number of hydrogen-bond acceptors (Lipinski definition) is 3. The number of carbonyl (C=O) groups excluding carboxylic acids is 2. The van der Waals surface area contributed by atoms with Gasteiger partial charge in [-0.3, -0.25) is 4.79 Å². The first kappa shape index (κ1) is 31.7. The SMILES string of the molecule is CCCC1(CCO)CC2C(c3ccccc3C)N(C(=O)N(C)Cc3cc(C(F)(F)F)cc(C(F)(F)F)c3)CCN2C1=O. The molecule has 42 heavy (non-hydrogen) atoms. The van der Waals surface area contributed by atoms with Gasteiger partial charge in [0.25, 0.3) is 0 Å². The summed E-state index contributed by atoms with van der Waals surface area (Å²) in [6, 6.07) is 7.14. The molecule has 2 fully saturated rings. The second-order valence-corrected chi connectivity index (χ2v) is 11.3. The highest BCUT2D eigenvalue weighted by Gasteiger charge is 2.56. The fourth-order valence-electron chi connectivity index (χ4n) is 6.58. The number of alkyl halides is 6. The maximum absolute atomic E-state index is 13.9. The lowest BCUT2D eigenvalue weighted by atomic mass is 9.76. The van der Waals surface area contributed by atoms with Gasteiger partial charge in [0.05, 0.1) is 28.6 Å². The van der Waals surface area contributed by atoms with Crippen molar-refractivity contribution in [3.05, 3.63) is 70.3 Å². The van der Waals surface area contributed by atoms with Crippen molar-refractivity contribution in [2.45, 2.75) is 70.5 Å². The fraction of sp³-hybridized carbons (Fsp3) is 0.533. The van der Waals surface area contributed by atoms with Gasteiger partial charge in [0, 0.05) is 33.3 Å². The molecule has 230 valence electrons. The molecule has 6 nitrogen and oxygen atoms in total. The zero-order valence-corrected chi connectivity index (χ0v) is 23.7. The highest BCUT2D eigenvalue weighted by molar-refractivity contribution is 5.86. The van der Waals surface area contributed by atoms with Gasteiger partial charge in [0.1, 0.15) is 0 Å². The minimum absolute atomic E-state index is 0.0603. The van der Waals surface area contributed by atoms with Gasteiger partial charge in [-0.05, 0) is 61.1 Å². The van der Waals surface area contributed by atoms with E-state index in [1.165, 1.54) is 7.05 Å². The largest absolute Gasteiger partial charge is 0.416 e. The van der Waals surface area contributed by atoms with E-state index in [9.17, 15) is 41.0 Å². The molecule has 2 heterocycles. The fourth-order valence-corrected chi connectivity index (χ4v) is 6.58. The molecule has 2 saturated heterocycles. The number of rotatable bonds is 7. The Morgan fingerprint density at radius 3 is 2.19 bits per heavy atom. The quantitative estimate of drug-likeness (QED) is 0.374. The van der Waals surface area contributed by atoms with Crippen LogP contribution in [0.5, 0.6) is 0 Å². The molecule has 3 amide bonds. The lowest BCUT2D eigenvalue weighted by Crippen LogP contribution is -2.57. The van der Waals surface area contributed by atoms with E-state index < -0.39 is 53.6 Å². The third kappa shape index (κ3) is 6.09. The van der Waals surface area contributed by atoms with Crippen molar-refractivity contribution in [3.63, 3.8) is 0 Å². The maximum Gasteiger partial charge on any atom is 0.416 e. The zero-order valence-electron chi connectivity index (χ0n) is 23.7. The molecule has 12 heteroatoms. The molecule has 3 atom stereocenters. The van der Waals surface area contributed by atoms with Gasteiger partial charge < -0.3 is 19.8 Å². The number of aliphatic hydroxyl groups is 1. The lowest BCUT2D eigenvalue weighted by Gasteiger charge is -2.46. The van der Waals surface area contributed by atoms with Crippen LogP contribution in [0.15, 0.2) is 42.5 Å². The van der Waals surface area contributed by atoms with E-state index >= 15 is 0 Å². The van der Waals surface area contributed by atoms with E-state index in [0.29, 0.717) is 25.0 Å². The summed E-state index contributed by atoms with van der Waals surface area (Å²) in [4.78, 5) is 32.1. The van der Waals surface area contributed by atoms with E-state index in [1.54, 1.807) is 9.80 Å². The van der Waals surface area contributed by atoms with Crippen LogP contribution >= 0.6 is 0 Å². The topological polar surface area (TPSA) is 64.1 Å². The molecule has 2 aliphatic heterocycles. The third-order valence-electron chi connectivity index (χ3n) is 8.46. The molecule has 0 aliphatic carbocycles. The molecule has 0 radical (unpaired) electrons. The predicted octanol–water partition coefficient (Wildman–Crippen LogP) is 6.41. The summed E-state index contributed by atoms with van der Waals surface area (Å²) in [5, 5.41) is 9.81. The number of aryl methyl sites for hydroxylation is 1. The molecule has 0 aromatic heterocycles. The Kier molecular flexibility index (Phi) is 8.87. The molecular formula is C30H35F6N3O3. The van der Waals surface area contributed by atoms with Gasteiger partial charge in [-0.25, -0.2) is 4.79 Å². The standard InChI is InChI=1S/C30H35F6N3O3/c1-4-9-28(10-13-40)17-24-25(23-8-6-5-7-19(23)2)39(12-11-38(24)26(28)41)27(42)37(3)18-20-14-21(29(31,32)33)16-22(15-20)30(34,35)36/h5-8,14-16,24-25,40H,4,9-13,17-18H2,1-3H3. The summed E-state index contributed by atoms with van der Waals surface area (Å²) in [6.45, 7) is 3.55. The third-order valence-corrected chi connectivity index (χ3v) is 8.46. The lowest BCUT2D eigenvalue weighted by molar-refractivity contribution is -0.143. The monoisotopic (exact) mass is 599 g/mol. The number of hydrogen-bond donors (Lipinski definition) is 1. The van der Waals surface area contributed by atoms with E-state index in [-0.39, 0.29) is 43.7 Å². The Balaban J connectivity index is 1.70. The van der Waals surface area contributed by atoms with Gasteiger partial charge in [-0.15, -0.1) is 0 Å². The van der Waals surface area contributed by atoms with Crippen LogP contribution in [0.4, 0.5) is 31.1 Å². The van der Waals surface area contributed by atoms with Crippen molar-refractivity contribution >= 4 is 11.9 Å². The molecule has 3 unspecified atom stereocenters. The Morgan fingerprint density at radius 2 is 1.64 bits per heavy atom. The first-order chi connectivity index (χ1) is 19.6. The van der Waals surface area contributed by atoms with Crippen LogP contribution in [-0.4, -0.2) is 64.5 Å². The van der Waals surface area contributed by atoms with Gasteiger partial charge in [0.2, 0.25) is 5.91 Å². The Bertz CT molecular complexity index is 1270. The summed E-state index contributed by atoms with van der Waals surface area (Å²) in [6.07, 6.45) is -8.00. The van der Waals surface area contributed by atoms with Crippen LogP contribution in [0.25, 0.3) is 0 Å². The molecule has 2 aliphatic rings. The number of nitrogens with zero attached hydrogens (tertiary/aromatic N) is 3. The van der Waals surface area contributed by atoms with Crippen molar-refractivity contribution in [1.29, 1.82) is 0 Å². The van der Waals surface area contributed by atoms with Crippen LogP contribution in [0.1, 0.15) is 66.5 Å². The molecule has 0 spiro atoms. The van der Waals surface area contributed by atoms with E-state index in [1.807, 2.05) is 38.1 Å². The highest BCUT2D eigenvalue weighted by atomic mass is 19.4. The molecular weight excluding hydrogens is 564 g/mol. The van der Waals surface area contributed by atoms with Crippen LogP contribution in [0.3, 0.4) is 0 Å². The molecule has 2 aromatic rings. The van der Waals surface area contributed by atoms with Crippen molar-refractivity contribution in [2.75, 3.05) is 26.7 Å². The average molecular weight is 600 g/mol. The van der Waals surface area contributed by atoms with Crippen molar-refractivity contribution in [3.8, 4) is 0 Å². The summed E-state index contributed by atoms with van der Waals surface area (Å²) in [5.41, 5.74) is -2.29. The number of aliphatic hydroxyl groups excluding tert-OH is 1. The zero-order chi connectivity index (χ0) is 31.0. The van der Waals surface area contributed by atoms with Crippen LogP contribution in [-0.2, 0) is 23.7 Å². The molecule has 0 saturated carbocycles. The number of halogens is 6. The van der Waals surface area contributed by atoms with Gasteiger partial charge in [0.15, 0.2) is 0 Å². The highest BCUT2D eigenvalue weighted by Crippen LogP contribution is 2.49. The minimum Gasteiger partial charge on any atom is -0.396 e. The van der Waals surface area contributed by atoms with Crippen molar-refractivity contribution < 1.29 is 41.0 Å². The number of benzene rings is 2.